The predicted molar refractivity (Wildman–Crippen MR) is 104 cm³/mol. The number of anilines is 1. The van der Waals surface area contributed by atoms with Gasteiger partial charge in [0, 0.05) is 17.8 Å². The molecule has 0 aliphatic carbocycles. The van der Waals surface area contributed by atoms with Gasteiger partial charge in [-0.3, -0.25) is 0 Å². The molecular formula is C20H34N4. The van der Waals surface area contributed by atoms with Gasteiger partial charge in [-0.05, 0) is 58.9 Å². The van der Waals surface area contributed by atoms with Crippen LogP contribution in [0.5, 0.6) is 0 Å². The summed E-state index contributed by atoms with van der Waals surface area (Å²) >= 11 is 0. The molecular weight excluding hydrogens is 296 g/mol. The van der Waals surface area contributed by atoms with Crippen molar-refractivity contribution in [3.8, 4) is 0 Å². The van der Waals surface area contributed by atoms with Gasteiger partial charge in [-0.15, -0.1) is 0 Å². The van der Waals surface area contributed by atoms with Crippen LogP contribution in [0.2, 0.25) is 0 Å². The SMILES string of the molecule is CCC(C)C(C)Cn1c(C)c(C)c2c(NC(C)(C)C)nc(C)nc21. The molecule has 0 saturated heterocycles. The standard InChI is InChI=1S/C20H34N4/c1-10-12(2)13(3)11-24-15(5)14(4)17-18(23-20(7,8)9)21-16(6)22-19(17)24/h12-13H,10-11H2,1-9H3,(H,21,22,23). The van der Waals surface area contributed by atoms with Crippen molar-refractivity contribution in [2.24, 2.45) is 11.8 Å². The first-order chi connectivity index (χ1) is 11.0. The molecule has 0 fully saturated rings. The highest BCUT2D eigenvalue weighted by Gasteiger charge is 2.22. The average molecular weight is 331 g/mol. The molecule has 4 nitrogen and oxygen atoms in total. The van der Waals surface area contributed by atoms with Gasteiger partial charge < -0.3 is 9.88 Å². The third-order valence-electron chi connectivity index (χ3n) is 5.16. The Hall–Kier alpha value is -1.58. The quantitative estimate of drug-likeness (QED) is 0.814. The second-order valence-electron chi connectivity index (χ2n) is 8.38. The first-order valence-electron chi connectivity index (χ1n) is 9.17. The van der Waals surface area contributed by atoms with Crippen molar-refractivity contribution in [3.63, 3.8) is 0 Å². The Morgan fingerprint density at radius 1 is 1.04 bits per heavy atom. The molecule has 0 saturated carbocycles. The summed E-state index contributed by atoms with van der Waals surface area (Å²) in [6.45, 7) is 20.8. The smallest absolute Gasteiger partial charge is 0.146 e. The van der Waals surface area contributed by atoms with Crippen LogP contribution < -0.4 is 5.32 Å². The van der Waals surface area contributed by atoms with Crippen LogP contribution in [0, 0.1) is 32.6 Å². The summed E-state index contributed by atoms with van der Waals surface area (Å²) in [5, 5.41) is 4.74. The fourth-order valence-corrected chi connectivity index (χ4v) is 3.18. The number of hydrogen-bond donors (Lipinski definition) is 1. The molecule has 0 aromatic carbocycles. The Bertz CT molecular complexity index is 722. The molecule has 0 spiro atoms. The molecule has 0 aliphatic rings. The summed E-state index contributed by atoms with van der Waals surface area (Å²) in [6, 6.07) is 0. The van der Waals surface area contributed by atoms with E-state index in [1.165, 1.54) is 23.1 Å². The van der Waals surface area contributed by atoms with Gasteiger partial charge in [0.1, 0.15) is 17.3 Å². The van der Waals surface area contributed by atoms with Crippen molar-refractivity contribution in [1.29, 1.82) is 0 Å². The maximum atomic E-state index is 4.80. The minimum absolute atomic E-state index is 0.0276. The number of rotatable bonds is 5. The minimum Gasteiger partial charge on any atom is -0.365 e. The van der Waals surface area contributed by atoms with Gasteiger partial charge in [-0.2, -0.15) is 0 Å². The number of nitrogens with one attached hydrogen (secondary N) is 1. The van der Waals surface area contributed by atoms with Crippen molar-refractivity contribution < 1.29 is 0 Å². The molecule has 0 aliphatic heterocycles. The molecule has 2 rings (SSSR count). The lowest BCUT2D eigenvalue weighted by Crippen LogP contribution is -2.27. The number of aryl methyl sites for hydroxylation is 2. The van der Waals surface area contributed by atoms with Gasteiger partial charge in [-0.1, -0.05) is 27.2 Å². The zero-order chi connectivity index (χ0) is 18.2. The Morgan fingerprint density at radius 2 is 1.67 bits per heavy atom. The summed E-state index contributed by atoms with van der Waals surface area (Å²) in [6.07, 6.45) is 1.21. The van der Waals surface area contributed by atoms with Gasteiger partial charge in [0.2, 0.25) is 0 Å². The minimum atomic E-state index is -0.0276. The number of hydrogen-bond acceptors (Lipinski definition) is 3. The van der Waals surface area contributed by atoms with Crippen LogP contribution in [-0.2, 0) is 6.54 Å². The largest absolute Gasteiger partial charge is 0.365 e. The van der Waals surface area contributed by atoms with E-state index in [4.69, 9.17) is 9.97 Å². The van der Waals surface area contributed by atoms with Crippen molar-refractivity contribution in [3.05, 3.63) is 17.1 Å². The number of aromatic nitrogens is 3. The zero-order valence-corrected chi connectivity index (χ0v) is 16.9. The summed E-state index contributed by atoms with van der Waals surface area (Å²) in [4.78, 5) is 9.49. The first-order valence-corrected chi connectivity index (χ1v) is 9.17. The van der Waals surface area contributed by atoms with Crippen molar-refractivity contribution in [1.82, 2.24) is 14.5 Å². The van der Waals surface area contributed by atoms with E-state index in [1.807, 2.05) is 6.92 Å². The lowest BCUT2D eigenvalue weighted by molar-refractivity contribution is 0.334. The van der Waals surface area contributed by atoms with E-state index < -0.39 is 0 Å². The van der Waals surface area contributed by atoms with Crippen molar-refractivity contribution in [2.45, 2.75) is 80.8 Å². The number of nitrogens with zero attached hydrogens (tertiary/aromatic N) is 3. The molecule has 2 heterocycles. The normalized spacial score (nSPS) is 14.9. The molecule has 0 bridgehead atoms. The lowest BCUT2D eigenvalue weighted by Gasteiger charge is -2.22. The van der Waals surface area contributed by atoms with Crippen LogP contribution in [-0.4, -0.2) is 20.1 Å². The Balaban J connectivity index is 2.60. The molecule has 2 atom stereocenters. The molecule has 4 heteroatoms. The molecule has 134 valence electrons. The second kappa shape index (κ2) is 6.73. The lowest BCUT2D eigenvalue weighted by atomic mass is 9.93. The molecule has 2 unspecified atom stereocenters. The maximum absolute atomic E-state index is 4.80. The second-order valence-corrected chi connectivity index (χ2v) is 8.38. The van der Waals surface area contributed by atoms with E-state index >= 15 is 0 Å². The highest BCUT2D eigenvalue weighted by atomic mass is 15.1. The van der Waals surface area contributed by atoms with E-state index in [9.17, 15) is 0 Å². The average Bonchev–Trinajstić information content (AvgIpc) is 2.69. The van der Waals surface area contributed by atoms with E-state index in [0.29, 0.717) is 11.8 Å². The van der Waals surface area contributed by atoms with Crippen LogP contribution in [0.4, 0.5) is 5.82 Å². The Morgan fingerprint density at radius 3 is 2.21 bits per heavy atom. The first kappa shape index (κ1) is 18.8. The van der Waals surface area contributed by atoms with Crippen LogP contribution in [0.25, 0.3) is 11.0 Å². The van der Waals surface area contributed by atoms with E-state index in [0.717, 1.165) is 23.8 Å². The fraction of sp³-hybridized carbons (Fsp3) is 0.700. The third kappa shape index (κ3) is 3.73. The van der Waals surface area contributed by atoms with E-state index in [2.05, 4.69) is 65.3 Å². The third-order valence-corrected chi connectivity index (χ3v) is 5.16. The van der Waals surface area contributed by atoms with Gasteiger partial charge >= 0.3 is 0 Å². The molecule has 0 amide bonds. The predicted octanol–water partition coefficient (Wildman–Crippen LogP) is 5.25. The molecule has 2 aromatic rings. The van der Waals surface area contributed by atoms with Crippen molar-refractivity contribution in [2.75, 3.05) is 5.32 Å². The van der Waals surface area contributed by atoms with Gasteiger partial charge in [0.15, 0.2) is 0 Å². The Kier molecular flexibility index (Phi) is 5.26. The Labute approximate surface area is 147 Å². The summed E-state index contributed by atoms with van der Waals surface area (Å²) in [5.41, 5.74) is 3.63. The highest BCUT2D eigenvalue weighted by molar-refractivity contribution is 5.92. The van der Waals surface area contributed by atoms with Gasteiger partial charge in [0.05, 0.1) is 5.39 Å². The van der Waals surface area contributed by atoms with Crippen LogP contribution >= 0.6 is 0 Å². The monoisotopic (exact) mass is 330 g/mol. The molecule has 2 aromatic heterocycles. The summed E-state index contributed by atoms with van der Waals surface area (Å²) in [7, 11) is 0. The van der Waals surface area contributed by atoms with Gasteiger partial charge in [-0.25, -0.2) is 9.97 Å². The number of fused-ring (bicyclic) bond motifs is 1. The van der Waals surface area contributed by atoms with Crippen LogP contribution in [0.1, 0.15) is 65.0 Å². The molecule has 0 radical (unpaired) electrons. The van der Waals surface area contributed by atoms with Crippen molar-refractivity contribution >= 4 is 16.9 Å². The van der Waals surface area contributed by atoms with E-state index in [-0.39, 0.29) is 5.54 Å². The van der Waals surface area contributed by atoms with E-state index in [1.54, 1.807) is 0 Å². The topological polar surface area (TPSA) is 42.7 Å². The molecule has 1 N–H and O–H groups in total. The fourth-order valence-electron chi connectivity index (χ4n) is 3.18. The van der Waals surface area contributed by atoms with Crippen LogP contribution in [0.15, 0.2) is 0 Å². The van der Waals surface area contributed by atoms with Gasteiger partial charge in [0.25, 0.3) is 0 Å². The van der Waals surface area contributed by atoms with Crippen LogP contribution in [0.3, 0.4) is 0 Å². The zero-order valence-electron chi connectivity index (χ0n) is 16.9. The highest BCUT2D eigenvalue weighted by Crippen LogP contribution is 2.32. The summed E-state index contributed by atoms with van der Waals surface area (Å²) < 4.78 is 2.39. The summed E-state index contributed by atoms with van der Waals surface area (Å²) in [5.74, 6) is 3.11. The molecule has 24 heavy (non-hydrogen) atoms. The maximum Gasteiger partial charge on any atom is 0.146 e.